The topological polar surface area (TPSA) is 83.8 Å². The molecule has 0 heterocycles. The number of hydrogen-bond acceptors (Lipinski definition) is 4. The second-order valence-electron chi connectivity index (χ2n) is 6.33. The molecule has 0 aliphatic rings. The van der Waals surface area contributed by atoms with Gasteiger partial charge in [-0.15, -0.1) is 0 Å². The van der Waals surface area contributed by atoms with Crippen molar-refractivity contribution in [3.8, 4) is 17.2 Å². The van der Waals surface area contributed by atoms with Crippen molar-refractivity contribution in [3.05, 3.63) is 48.0 Å². The normalized spacial score (nSPS) is 11.5. The number of para-hydroxylation sites is 1. The number of phenolic OH excluding ortho intramolecular Hbond substituents is 1. The van der Waals surface area contributed by atoms with Gasteiger partial charge in [-0.1, -0.05) is 57.2 Å². The van der Waals surface area contributed by atoms with Gasteiger partial charge in [0.15, 0.2) is 0 Å². The second-order valence-corrected chi connectivity index (χ2v) is 7.72. The summed E-state index contributed by atoms with van der Waals surface area (Å²) in [7, 11) is -4.38. The van der Waals surface area contributed by atoms with E-state index in [-0.39, 0.29) is 16.4 Å². The molecule has 142 valence electrons. The number of phenols is 1. The molecule has 2 aromatic carbocycles. The third-order valence-electron chi connectivity index (χ3n) is 4.21. The van der Waals surface area contributed by atoms with Crippen LogP contribution >= 0.6 is 0 Å². The smallest absolute Gasteiger partial charge is 0.298 e. The second kappa shape index (κ2) is 9.59. The number of aryl methyl sites for hydroxylation is 1. The lowest BCUT2D eigenvalue weighted by atomic mass is 10.0. The minimum atomic E-state index is -4.38. The van der Waals surface area contributed by atoms with Gasteiger partial charge in [0.2, 0.25) is 0 Å². The van der Waals surface area contributed by atoms with Crippen LogP contribution in [0.1, 0.15) is 51.0 Å². The van der Waals surface area contributed by atoms with Crippen LogP contribution in [0.2, 0.25) is 0 Å². The Bertz CT molecular complexity index is 815. The average Bonchev–Trinajstić information content (AvgIpc) is 2.59. The molecule has 2 rings (SSSR count). The van der Waals surface area contributed by atoms with Gasteiger partial charge < -0.3 is 9.84 Å². The van der Waals surface area contributed by atoms with Crippen molar-refractivity contribution in [2.75, 3.05) is 0 Å². The molecule has 0 spiro atoms. The summed E-state index contributed by atoms with van der Waals surface area (Å²) in [6.07, 6.45) is 7.90. The fraction of sp³-hybridized carbons (Fsp3) is 0.400. The summed E-state index contributed by atoms with van der Waals surface area (Å²) in [5.41, 5.74) is 0.843. The predicted octanol–water partition coefficient (Wildman–Crippen LogP) is 5.33. The first-order valence-corrected chi connectivity index (χ1v) is 10.4. The third kappa shape index (κ3) is 6.04. The van der Waals surface area contributed by atoms with Crippen LogP contribution in [0.4, 0.5) is 0 Å². The molecule has 2 N–H and O–H groups in total. The molecular weight excluding hydrogens is 352 g/mol. The van der Waals surface area contributed by atoms with Crippen molar-refractivity contribution in [1.82, 2.24) is 0 Å². The van der Waals surface area contributed by atoms with Gasteiger partial charge in [0.05, 0.1) is 0 Å². The molecule has 0 aliphatic heterocycles. The number of hydrogen-bond donors (Lipinski definition) is 2. The van der Waals surface area contributed by atoms with Crippen LogP contribution in [-0.2, 0) is 16.5 Å². The summed E-state index contributed by atoms with van der Waals surface area (Å²) in [5.74, 6) is 0.448. The standard InChI is InChI=1S/C20H26O5S/c1-2-3-4-5-6-7-10-16-13-14-17(15-18(16)21)25-19-11-8-9-12-20(19)26(22,23)24/h8-9,11-15,21H,2-7,10H2,1H3,(H,22,23,24). The summed E-state index contributed by atoms with van der Waals surface area (Å²) in [6, 6.07) is 10.8. The Morgan fingerprint density at radius 1 is 0.962 bits per heavy atom. The summed E-state index contributed by atoms with van der Waals surface area (Å²) in [4.78, 5) is -0.310. The predicted molar refractivity (Wildman–Crippen MR) is 102 cm³/mol. The van der Waals surface area contributed by atoms with Gasteiger partial charge in [0.25, 0.3) is 10.1 Å². The van der Waals surface area contributed by atoms with Crippen LogP contribution in [0, 0.1) is 0 Å². The highest BCUT2D eigenvalue weighted by atomic mass is 32.2. The van der Waals surface area contributed by atoms with Crippen molar-refractivity contribution in [1.29, 1.82) is 0 Å². The van der Waals surface area contributed by atoms with E-state index in [0.717, 1.165) is 24.8 Å². The SMILES string of the molecule is CCCCCCCCc1ccc(Oc2ccccc2S(=O)(=O)O)cc1O. The molecule has 0 unspecified atom stereocenters. The van der Waals surface area contributed by atoms with Crippen LogP contribution in [-0.4, -0.2) is 18.1 Å². The zero-order valence-corrected chi connectivity index (χ0v) is 15.8. The molecule has 0 bridgehead atoms. The third-order valence-corrected chi connectivity index (χ3v) is 5.10. The molecule has 6 heteroatoms. The quantitative estimate of drug-likeness (QED) is 0.431. The van der Waals surface area contributed by atoms with Gasteiger partial charge >= 0.3 is 0 Å². The van der Waals surface area contributed by atoms with E-state index < -0.39 is 10.1 Å². The van der Waals surface area contributed by atoms with Gasteiger partial charge in [-0.2, -0.15) is 8.42 Å². The van der Waals surface area contributed by atoms with Crippen molar-refractivity contribution >= 4 is 10.1 Å². The molecule has 0 saturated heterocycles. The molecule has 0 fully saturated rings. The van der Waals surface area contributed by atoms with Gasteiger partial charge in [-0.05, 0) is 36.6 Å². The Kier molecular flexibility index (Phi) is 7.48. The van der Waals surface area contributed by atoms with E-state index >= 15 is 0 Å². The van der Waals surface area contributed by atoms with Crippen LogP contribution in [0.15, 0.2) is 47.4 Å². The maximum absolute atomic E-state index is 11.4. The fourth-order valence-electron chi connectivity index (χ4n) is 2.79. The van der Waals surface area contributed by atoms with Crippen molar-refractivity contribution < 1.29 is 22.8 Å². The molecular formula is C20H26O5S. The summed E-state index contributed by atoms with van der Waals surface area (Å²) in [5, 5.41) is 10.2. The van der Waals surface area contributed by atoms with Gasteiger partial charge in [0, 0.05) is 6.07 Å². The summed E-state index contributed by atoms with van der Waals surface area (Å²) < 4.78 is 37.6. The molecule has 0 aromatic heterocycles. The number of unbranched alkanes of at least 4 members (excludes halogenated alkanes) is 5. The lowest BCUT2D eigenvalue weighted by molar-refractivity contribution is 0.437. The Balaban J connectivity index is 2.00. The lowest BCUT2D eigenvalue weighted by Gasteiger charge is -2.11. The van der Waals surface area contributed by atoms with Gasteiger partial charge in [-0.25, -0.2) is 0 Å². The Morgan fingerprint density at radius 2 is 1.65 bits per heavy atom. The largest absolute Gasteiger partial charge is 0.508 e. The molecule has 26 heavy (non-hydrogen) atoms. The van der Waals surface area contributed by atoms with Crippen LogP contribution < -0.4 is 4.74 Å². The van der Waals surface area contributed by atoms with E-state index in [1.54, 1.807) is 18.2 Å². The van der Waals surface area contributed by atoms with Gasteiger partial charge in [0.1, 0.15) is 22.1 Å². The first-order chi connectivity index (χ1) is 12.4. The Morgan fingerprint density at radius 3 is 2.35 bits per heavy atom. The van der Waals surface area contributed by atoms with E-state index in [1.807, 2.05) is 0 Å². The highest BCUT2D eigenvalue weighted by Gasteiger charge is 2.16. The molecule has 0 atom stereocenters. The fourth-order valence-corrected chi connectivity index (χ4v) is 3.40. The molecule has 2 aromatic rings. The summed E-state index contributed by atoms with van der Waals surface area (Å²) in [6.45, 7) is 2.19. The van der Waals surface area contributed by atoms with Crippen LogP contribution in [0.5, 0.6) is 17.2 Å². The monoisotopic (exact) mass is 378 g/mol. The average molecular weight is 378 g/mol. The molecule has 5 nitrogen and oxygen atoms in total. The maximum atomic E-state index is 11.4. The Hall–Kier alpha value is -2.05. The number of ether oxygens (including phenoxy) is 1. The number of benzene rings is 2. The Labute approximate surface area is 155 Å². The molecule has 0 radical (unpaired) electrons. The first kappa shape index (κ1) is 20.3. The molecule has 0 aliphatic carbocycles. The molecule has 0 saturated carbocycles. The highest BCUT2D eigenvalue weighted by Crippen LogP contribution is 2.32. The van der Waals surface area contributed by atoms with E-state index in [2.05, 4.69) is 6.92 Å². The van der Waals surface area contributed by atoms with Crippen molar-refractivity contribution in [3.63, 3.8) is 0 Å². The zero-order valence-electron chi connectivity index (χ0n) is 15.0. The minimum Gasteiger partial charge on any atom is -0.508 e. The first-order valence-electron chi connectivity index (χ1n) is 8.98. The number of aromatic hydroxyl groups is 1. The molecule has 0 amide bonds. The van der Waals surface area contributed by atoms with Gasteiger partial charge in [-0.3, -0.25) is 4.55 Å². The maximum Gasteiger partial charge on any atom is 0.298 e. The van der Waals surface area contributed by atoms with Crippen LogP contribution in [0.3, 0.4) is 0 Å². The van der Waals surface area contributed by atoms with E-state index in [4.69, 9.17) is 4.74 Å². The van der Waals surface area contributed by atoms with E-state index in [9.17, 15) is 18.1 Å². The van der Waals surface area contributed by atoms with Crippen molar-refractivity contribution in [2.24, 2.45) is 0 Å². The van der Waals surface area contributed by atoms with E-state index in [1.165, 1.54) is 49.9 Å². The van der Waals surface area contributed by atoms with Crippen LogP contribution in [0.25, 0.3) is 0 Å². The lowest BCUT2D eigenvalue weighted by Crippen LogP contribution is -2.00. The van der Waals surface area contributed by atoms with E-state index in [0.29, 0.717) is 5.75 Å². The highest BCUT2D eigenvalue weighted by molar-refractivity contribution is 7.86. The summed E-state index contributed by atoms with van der Waals surface area (Å²) >= 11 is 0. The van der Waals surface area contributed by atoms with Crippen molar-refractivity contribution in [2.45, 2.75) is 56.8 Å². The number of rotatable bonds is 10. The zero-order chi connectivity index (χ0) is 19.0. The minimum absolute atomic E-state index is 0.0121.